The van der Waals surface area contributed by atoms with E-state index in [-0.39, 0.29) is 39.9 Å². The topological polar surface area (TPSA) is 86.7 Å². The van der Waals surface area contributed by atoms with E-state index in [2.05, 4.69) is 13.8 Å². The summed E-state index contributed by atoms with van der Waals surface area (Å²) in [5.41, 5.74) is 0.212. The highest BCUT2D eigenvalue weighted by molar-refractivity contribution is 6.26. The lowest BCUT2D eigenvalue weighted by Crippen LogP contribution is -2.53. The number of hydrogen-bond acceptors (Lipinski definition) is 6. The first-order valence-corrected chi connectivity index (χ1v) is 10.7. The number of fused-ring (bicyclic) bond motifs is 2. The minimum Gasteiger partial charge on any atom is -0.458 e. The van der Waals surface area contributed by atoms with Crippen LogP contribution in [0.2, 0.25) is 0 Å². The van der Waals surface area contributed by atoms with Gasteiger partial charge in [-0.15, -0.1) is 0 Å². The van der Waals surface area contributed by atoms with Crippen LogP contribution < -0.4 is 0 Å². The van der Waals surface area contributed by atoms with E-state index >= 15 is 0 Å². The van der Waals surface area contributed by atoms with Gasteiger partial charge < -0.3 is 9.47 Å². The van der Waals surface area contributed by atoms with Crippen molar-refractivity contribution in [1.29, 1.82) is 0 Å². The van der Waals surface area contributed by atoms with Crippen molar-refractivity contribution in [3.8, 4) is 0 Å². The van der Waals surface area contributed by atoms with Crippen LogP contribution in [0, 0.1) is 22.7 Å². The highest BCUT2D eigenvalue weighted by Crippen LogP contribution is 2.61. The SMILES string of the molecule is CC(=O)OC1=C(C(C)C)C(=O)C2=C(C1=O)[C@@]1(C)CCCC(C)(C)[C@@H]1C[C@@H]2OC(C)=O. The van der Waals surface area contributed by atoms with Gasteiger partial charge in [0.05, 0.1) is 0 Å². The Morgan fingerprint density at radius 3 is 2.17 bits per heavy atom. The molecule has 6 heteroatoms. The van der Waals surface area contributed by atoms with Gasteiger partial charge in [-0.3, -0.25) is 19.2 Å². The molecule has 0 radical (unpaired) electrons. The largest absolute Gasteiger partial charge is 0.458 e. The molecular weight excluding hydrogens is 384 g/mol. The van der Waals surface area contributed by atoms with E-state index in [1.165, 1.54) is 13.8 Å². The van der Waals surface area contributed by atoms with Crippen molar-refractivity contribution in [2.45, 2.75) is 80.3 Å². The summed E-state index contributed by atoms with van der Waals surface area (Å²) < 4.78 is 10.9. The van der Waals surface area contributed by atoms with Gasteiger partial charge in [-0.1, -0.05) is 41.0 Å². The van der Waals surface area contributed by atoms with Crippen molar-refractivity contribution >= 4 is 23.5 Å². The van der Waals surface area contributed by atoms with Crippen LogP contribution in [0.1, 0.15) is 74.1 Å². The van der Waals surface area contributed by atoms with Crippen molar-refractivity contribution in [2.75, 3.05) is 0 Å². The van der Waals surface area contributed by atoms with Crippen LogP contribution in [-0.4, -0.2) is 29.6 Å². The molecule has 0 N–H and O–H groups in total. The molecule has 0 aromatic rings. The van der Waals surface area contributed by atoms with Gasteiger partial charge in [-0.2, -0.15) is 0 Å². The first-order valence-electron chi connectivity index (χ1n) is 10.7. The Balaban J connectivity index is 2.27. The standard InChI is InChI=1S/C24H32O6/c1-12(2)17-20(27)18-15(29-13(3)25)11-16-23(5,6)9-8-10-24(16,7)19(18)21(28)22(17)30-14(4)26/h12,15-16H,8-11H2,1-7H3/t15-,16-,24-/m0/s1. The van der Waals surface area contributed by atoms with Crippen LogP contribution in [0.5, 0.6) is 0 Å². The van der Waals surface area contributed by atoms with E-state index in [9.17, 15) is 19.2 Å². The molecule has 0 heterocycles. The van der Waals surface area contributed by atoms with Crippen molar-refractivity contribution in [3.05, 3.63) is 22.5 Å². The lowest BCUT2D eigenvalue weighted by Gasteiger charge is -2.56. The fraction of sp³-hybridized carbons (Fsp3) is 0.667. The van der Waals surface area contributed by atoms with E-state index in [1.807, 2.05) is 6.92 Å². The smallest absolute Gasteiger partial charge is 0.308 e. The third kappa shape index (κ3) is 3.44. The second kappa shape index (κ2) is 7.47. The average molecular weight is 417 g/mol. The number of rotatable bonds is 3. The van der Waals surface area contributed by atoms with Gasteiger partial charge in [0.1, 0.15) is 6.10 Å². The molecule has 1 saturated carbocycles. The third-order valence-corrected chi connectivity index (χ3v) is 7.14. The van der Waals surface area contributed by atoms with Gasteiger partial charge in [0, 0.05) is 36.0 Å². The van der Waals surface area contributed by atoms with E-state index in [4.69, 9.17) is 9.47 Å². The molecule has 6 nitrogen and oxygen atoms in total. The van der Waals surface area contributed by atoms with E-state index in [0.29, 0.717) is 12.0 Å². The minimum atomic E-state index is -0.767. The van der Waals surface area contributed by atoms with Gasteiger partial charge in [0.2, 0.25) is 5.78 Å². The van der Waals surface area contributed by atoms with Crippen LogP contribution in [0.4, 0.5) is 0 Å². The number of allylic oxidation sites excluding steroid dienone is 2. The number of ketones is 2. The third-order valence-electron chi connectivity index (χ3n) is 7.14. The van der Waals surface area contributed by atoms with E-state index in [1.54, 1.807) is 13.8 Å². The first-order chi connectivity index (χ1) is 13.8. The summed E-state index contributed by atoms with van der Waals surface area (Å²) in [4.78, 5) is 51.1. The van der Waals surface area contributed by atoms with Gasteiger partial charge >= 0.3 is 11.9 Å². The summed E-state index contributed by atoms with van der Waals surface area (Å²) in [6, 6.07) is 0. The summed E-state index contributed by atoms with van der Waals surface area (Å²) in [6.07, 6.45) is 2.43. The molecule has 0 aliphatic heterocycles. The van der Waals surface area contributed by atoms with Crippen LogP contribution in [0.3, 0.4) is 0 Å². The monoisotopic (exact) mass is 416 g/mol. The molecule has 0 aromatic heterocycles. The maximum atomic E-state index is 13.8. The average Bonchev–Trinajstić information content (AvgIpc) is 2.58. The Morgan fingerprint density at radius 2 is 1.63 bits per heavy atom. The fourth-order valence-corrected chi connectivity index (χ4v) is 6.00. The highest BCUT2D eigenvalue weighted by atomic mass is 16.5. The molecular formula is C24H32O6. The predicted octanol–water partition coefficient (Wildman–Crippen LogP) is 4.08. The molecule has 0 bridgehead atoms. The molecule has 3 rings (SSSR count). The van der Waals surface area contributed by atoms with Crippen LogP contribution in [0.15, 0.2) is 22.5 Å². The summed E-state index contributed by atoms with van der Waals surface area (Å²) in [6.45, 7) is 12.5. The van der Waals surface area contributed by atoms with Gasteiger partial charge in [-0.25, -0.2) is 0 Å². The first kappa shape index (κ1) is 22.4. The lowest BCUT2D eigenvalue weighted by atomic mass is 9.48. The molecule has 0 saturated heterocycles. The van der Waals surface area contributed by atoms with Crippen LogP contribution in [0.25, 0.3) is 0 Å². The normalized spacial score (nSPS) is 30.8. The Morgan fingerprint density at radius 1 is 1.00 bits per heavy atom. The zero-order valence-corrected chi connectivity index (χ0v) is 19.0. The van der Waals surface area contributed by atoms with E-state index < -0.39 is 29.2 Å². The molecule has 30 heavy (non-hydrogen) atoms. The van der Waals surface area contributed by atoms with E-state index in [0.717, 1.165) is 19.3 Å². The van der Waals surface area contributed by atoms with Crippen LogP contribution in [-0.2, 0) is 28.7 Å². The number of hydrogen-bond donors (Lipinski definition) is 0. The molecule has 0 amide bonds. The minimum absolute atomic E-state index is 0.0535. The number of Topliss-reactive ketones (excluding diaryl/α,β-unsaturated/α-hetero) is 2. The molecule has 0 aromatic carbocycles. The summed E-state index contributed by atoms with van der Waals surface area (Å²) in [5.74, 6) is -2.30. The second-order valence-electron chi connectivity index (χ2n) is 10.1. The highest BCUT2D eigenvalue weighted by Gasteiger charge is 2.58. The number of carbonyl (C=O) groups excluding carboxylic acids is 4. The summed E-state index contributed by atoms with van der Waals surface area (Å²) in [5, 5.41) is 0. The molecule has 164 valence electrons. The molecule has 1 fully saturated rings. The second-order valence-corrected chi connectivity index (χ2v) is 10.1. The zero-order chi connectivity index (χ0) is 22.6. The maximum Gasteiger partial charge on any atom is 0.308 e. The molecule has 3 aliphatic carbocycles. The predicted molar refractivity (Wildman–Crippen MR) is 110 cm³/mol. The molecule has 0 unspecified atom stereocenters. The molecule has 0 spiro atoms. The number of esters is 2. The Hall–Kier alpha value is -2.24. The zero-order valence-electron chi connectivity index (χ0n) is 19.0. The molecule has 3 atom stereocenters. The van der Waals surface area contributed by atoms with Gasteiger partial charge in [0.15, 0.2) is 11.5 Å². The number of carbonyl (C=O) groups is 4. The van der Waals surface area contributed by atoms with Crippen molar-refractivity contribution in [2.24, 2.45) is 22.7 Å². The van der Waals surface area contributed by atoms with Crippen molar-refractivity contribution in [1.82, 2.24) is 0 Å². The lowest BCUT2D eigenvalue weighted by molar-refractivity contribution is -0.149. The van der Waals surface area contributed by atoms with Crippen molar-refractivity contribution in [3.63, 3.8) is 0 Å². The molecule has 3 aliphatic rings. The van der Waals surface area contributed by atoms with Crippen LogP contribution >= 0.6 is 0 Å². The summed E-state index contributed by atoms with van der Waals surface area (Å²) >= 11 is 0. The van der Waals surface area contributed by atoms with Gasteiger partial charge in [-0.05, 0) is 36.5 Å². The van der Waals surface area contributed by atoms with Gasteiger partial charge in [0.25, 0.3) is 0 Å². The fourth-order valence-electron chi connectivity index (χ4n) is 6.00. The maximum absolute atomic E-state index is 13.8. The number of ether oxygens (including phenoxy) is 2. The van der Waals surface area contributed by atoms with Crippen molar-refractivity contribution < 1.29 is 28.7 Å². The summed E-state index contributed by atoms with van der Waals surface area (Å²) in [7, 11) is 0. The quantitative estimate of drug-likeness (QED) is 0.509. The Bertz CT molecular complexity index is 887. The Kier molecular flexibility index (Phi) is 5.59. The Labute approximate surface area is 178 Å².